The highest BCUT2D eigenvalue weighted by Crippen LogP contribution is 2.20. The molecule has 0 bridgehead atoms. The number of aryl methyl sites for hydroxylation is 1. The molecule has 0 aliphatic carbocycles. The largest absolute Gasteiger partial charge is 0.381 e. The van der Waals surface area contributed by atoms with Gasteiger partial charge in [-0.3, -0.25) is 4.68 Å². The fourth-order valence-electron chi connectivity index (χ4n) is 1.52. The number of aromatic nitrogens is 2. The van der Waals surface area contributed by atoms with E-state index in [0.717, 1.165) is 16.9 Å². The molecule has 1 aromatic heterocycles. The third-order valence-electron chi connectivity index (χ3n) is 2.74. The third-order valence-corrected chi connectivity index (χ3v) is 3.38. The lowest BCUT2D eigenvalue weighted by atomic mass is 10.2. The molecule has 0 radical (unpaired) electrons. The zero-order valence-electron chi connectivity index (χ0n) is 9.67. The topological polar surface area (TPSA) is 29.9 Å². The van der Waals surface area contributed by atoms with Gasteiger partial charge < -0.3 is 5.32 Å². The van der Waals surface area contributed by atoms with Gasteiger partial charge in [0.25, 0.3) is 0 Å². The van der Waals surface area contributed by atoms with Gasteiger partial charge in [0.1, 0.15) is 5.82 Å². The van der Waals surface area contributed by atoms with E-state index >= 15 is 0 Å². The van der Waals surface area contributed by atoms with E-state index in [9.17, 15) is 4.39 Å². The van der Waals surface area contributed by atoms with E-state index in [0.29, 0.717) is 11.0 Å². The lowest BCUT2D eigenvalue weighted by molar-refractivity contribution is 0.621. The molecule has 0 saturated carbocycles. The van der Waals surface area contributed by atoms with E-state index in [-0.39, 0.29) is 5.82 Å². The van der Waals surface area contributed by atoms with E-state index in [4.69, 9.17) is 0 Å². The lowest BCUT2D eigenvalue weighted by Gasteiger charge is -2.06. The standard InChI is InChI=1S/C12H13BrFN3/c1-8-9(7-16-17(8)2)6-15-10-3-4-11(13)12(14)5-10/h3-5,7,15H,6H2,1-2H3. The zero-order valence-corrected chi connectivity index (χ0v) is 11.3. The summed E-state index contributed by atoms with van der Waals surface area (Å²) in [6.07, 6.45) is 1.82. The van der Waals surface area contributed by atoms with E-state index in [1.165, 1.54) is 6.07 Å². The minimum absolute atomic E-state index is 0.266. The van der Waals surface area contributed by atoms with Crippen molar-refractivity contribution in [2.24, 2.45) is 7.05 Å². The van der Waals surface area contributed by atoms with Gasteiger partial charge in [-0.15, -0.1) is 0 Å². The first-order valence-corrected chi connectivity index (χ1v) is 6.03. The Morgan fingerprint density at radius 3 is 2.82 bits per heavy atom. The molecule has 17 heavy (non-hydrogen) atoms. The fourth-order valence-corrected chi connectivity index (χ4v) is 1.77. The highest BCUT2D eigenvalue weighted by Gasteiger charge is 2.04. The van der Waals surface area contributed by atoms with E-state index < -0.39 is 0 Å². The summed E-state index contributed by atoms with van der Waals surface area (Å²) in [4.78, 5) is 0. The predicted octanol–water partition coefficient (Wildman–Crippen LogP) is 3.24. The molecule has 3 nitrogen and oxygen atoms in total. The summed E-state index contributed by atoms with van der Waals surface area (Å²) in [5, 5.41) is 7.32. The molecule has 2 aromatic rings. The van der Waals surface area contributed by atoms with E-state index in [2.05, 4.69) is 26.3 Å². The summed E-state index contributed by atoms with van der Waals surface area (Å²) in [6, 6.07) is 4.99. The number of hydrogen-bond acceptors (Lipinski definition) is 2. The van der Waals surface area contributed by atoms with Crippen LogP contribution in [-0.4, -0.2) is 9.78 Å². The smallest absolute Gasteiger partial charge is 0.139 e. The summed E-state index contributed by atoms with van der Waals surface area (Å²) >= 11 is 3.12. The van der Waals surface area contributed by atoms with Gasteiger partial charge in [0.2, 0.25) is 0 Å². The molecule has 0 aliphatic heterocycles. The number of halogens is 2. The van der Waals surface area contributed by atoms with Crippen LogP contribution in [-0.2, 0) is 13.6 Å². The Balaban J connectivity index is 2.07. The maximum absolute atomic E-state index is 13.3. The van der Waals surface area contributed by atoms with Crippen LogP contribution in [0.5, 0.6) is 0 Å². The summed E-state index contributed by atoms with van der Waals surface area (Å²) < 4.78 is 15.6. The van der Waals surface area contributed by atoms with Crippen LogP contribution in [0.15, 0.2) is 28.9 Å². The van der Waals surface area contributed by atoms with Crippen molar-refractivity contribution in [3.8, 4) is 0 Å². The van der Waals surface area contributed by atoms with Crippen molar-refractivity contribution >= 4 is 21.6 Å². The van der Waals surface area contributed by atoms with Crippen molar-refractivity contribution in [2.45, 2.75) is 13.5 Å². The van der Waals surface area contributed by atoms with Crippen molar-refractivity contribution in [2.75, 3.05) is 5.32 Å². The van der Waals surface area contributed by atoms with Gasteiger partial charge in [-0.25, -0.2) is 4.39 Å². The second kappa shape index (κ2) is 4.87. The third kappa shape index (κ3) is 2.66. The zero-order chi connectivity index (χ0) is 12.4. The van der Waals surface area contributed by atoms with E-state index in [1.807, 2.05) is 30.9 Å². The van der Waals surface area contributed by atoms with Crippen LogP contribution in [0.4, 0.5) is 10.1 Å². The first kappa shape index (κ1) is 12.1. The fraction of sp³-hybridized carbons (Fsp3) is 0.250. The summed E-state index contributed by atoms with van der Waals surface area (Å²) in [6.45, 7) is 2.65. The molecule has 0 aliphatic rings. The lowest BCUT2D eigenvalue weighted by Crippen LogP contribution is -2.01. The highest BCUT2D eigenvalue weighted by molar-refractivity contribution is 9.10. The number of benzene rings is 1. The highest BCUT2D eigenvalue weighted by atomic mass is 79.9. The Bertz CT molecular complexity index is 537. The average molecular weight is 298 g/mol. The Hall–Kier alpha value is -1.36. The minimum Gasteiger partial charge on any atom is -0.381 e. The van der Waals surface area contributed by atoms with Crippen LogP contribution in [0.25, 0.3) is 0 Å². The minimum atomic E-state index is -0.266. The van der Waals surface area contributed by atoms with Gasteiger partial charge in [-0.1, -0.05) is 0 Å². The monoisotopic (exact) mass is 297 g/mol. The summed E-state index contributed by atoms with van der Waals surface area (Å²) in [7, 11) is 1.90. The molecule has 0 atom stereocenters. The molecule has 0 saturated heterocycles. The SMILES string of the molecule is Cc1c(CNc2ccc(Br)c(F)c2)cnn1C. The van der Waals surface area contributed by atoms with Crippen LogP contribution in [0.2, 0.25) is 0 Å². The molecule has 5 heteroatoms. The number of nitrogens with zero attached hydrogens (tertiary/aromatic N) is 2. The van der Waals surface area contributed by atoms with E-state index in [1.54, 1.807) is 6.07 Å². The van der Waals surface area contributed by atoms with Gasteiger partial charge in [0.05, 0.1) is 10.7 Å². The van der Waals surface area contributed by atoms with Crippen LogP contribution >= 0.6 is 15.9 Å². The number of rotatable bonds is 3. The predicted molar refractivity (Wildman–Crippen MR) is 69.4 cm³/mol. The molecular weight excluding hydrogens is 285 g/mol. The quantitative estimate of drug-likeness (QED) is 0.942. The number of hydrogen-bond donors (Lipinski definition) is 1. The molecule has 0 fully saturated rings. The van der Waals surface area contributed by atoms with Crippen molar-refractivity contribution < 1.29 is 4.39 Å². The molecule has 1 aromatic carbocycles. The Morgan fingerprint density at radius 1 is 1.47 bits per heavy atom. The average Bonchev–Trinajstić information content (AvgIpc) is 2.62. The van der Waals surface area contributed by atoms with Crippen LogP contribution in [0, 0.1) is 12.7 Å². The molecule has 2 rings (SSSR count). The van der Waals surface area contributed by atoms with Crippen molar-refractivity contribution in [3.63, 3.8) is 0 Å². The van der Waals surface area contributed by atoms with Gasteiger partial charge >= 0.3 is 0 Å². The maximum Gasteiger partial charge on any atom is 0.139 e. The normalized spacial score (nSPS) is 10.6. The van der Waals surface area contributed by atoms with Crippen molar-refractivity contribution in [3.05, 3.63) is 45.9 Å². The number of anilines is 1. The second-order valence-corrected chi connectivity index (χ2v) is 4.72. The Morgan fingerprint density at radius 2 is 2.24 bits per heavy atom. The molecule has 0 unspecified atom stereocenters. The van der Waals surface area contributed by atoms with Crippen LogP contribution in [0.1, 0.15) is 11.3 Å². The molecule has 0 spiro atoms. The Kier molecular flexibility index (Phi) is 3.47. The number of nitrogens with one attached hydrogen (secondary N) is 1. The van der Waals surface area contributed by atoms with Gasteiger partial charge in [0.15, 0.2) is 0 Å². The van der Waals surface area contributed by atoms with Crippen LogP contribution in [0.3, 0.4) is 0 Å². The van der Waals surface area contributed by atoms with Gasteiger partial charge in [-0.05, 0) is 41.1 Å². The molecule has 0 amide bonds. The maximum atomic E-state index is 13.3. The van der Waals surface area contributed by atoms with Gasteiger partial charge in [-0.2, -0.15) is 5.10 Å². The summed E-state index contributed by atoms with van der Waals surface area (Å²) in [5.74, 6) is -0.266. The van der Waals surface area contributed by atoms with Crippen molar-refractivity contribution in [1.82, 2.24) is 9.78 Å². The summed E-state index contributed by atoms with van der Waals surface area (Å²) in [5.41, 5.74) is 2.97. The van der Waals surface area contributed by atoms with Crippen molar-refractivity contribution in [1.29, 1.82) is 0 Å². The molecular formula is C12H13BrFN3. The van der Waals surface area contributed by atoms with Gasteiger partial charge in [0, 0.05) is 30.5 Å². The Labute approximate surface area is 108 Å². The second-order valence-electron chi connectivity index (χ2n) is 3.86. The first-order valence-electron chi connectivity index (χ1n) is 5.24. The van der Waals surface area contributed by atoms with Crippen LogP contribution < -0.4 is 5.32 Å². The molecule has 90 valence electrons. The molecule has 1 N–H and O–H groups in total. The first-order chi connectivity index (χ1) is 8.08. The molecule has 1 heterocycles.